The number of hydrogen-bond acceptors (Lipinski definition) is 7. The standard InChI is InChI=1S/C15H22N4O5S.ClH/c1-24-15-3-2-13(10-14(15)19(20)21)25(22,23)18-8-6-17(7-9-18)12-4-5-16-11-12;/h2-3,10,12,16H,4-9,11H2,1H3;1H. The van der Waals surface area contributed by atoms with Crippen LogP contribution in [-0.2, 0) is 10.0 Å². The number of benzene rings is 1. The average Bonchev–Trinajstić information content (AvgIpc) is 3.15. The molecule has 0 saturated carbocycles. The van der Waals surface area contributed by atoms with E-state index in [0.717, 1.165) is 25.6 Å². The Morgan fingerprint density at radius 1 is 1.27 bits per heavy atom. The molecule has 0 aromatic heterocycles. The van der Waals surface area contributed by atoms with Crippen LogP contribution in [0.4, 0.5) is 5.69 Å². The van der Waals surface area contributed by atoms with Crippen LogP contribution in [-0.4, -0.2) is 75.0 Å². The van der Waals surface area contributed by atoms with Crippen LogP contribution in [0.1, 0.15) is 6.42 Å². The van der Waals surface area contributed by atoms with Gasteiger partial charge in [0, 0.05) is 44.8 Å². The summed E-state index contributed by atoms with van der Waals surface area (Å²) in [7, 11) is -2.45. The SMILES string of the molecule is COc1ccc(S(=O)(=O)N2CCN(C3CCNC3)CC2)cc1[N+](=O)[O-].Cl. The number of nitro benzene ring substituents is 1. The molecule has 3 rings (SSSR count). The van der Waals surface area contributed by atoms with Crippen molar-refractivity contribution in [2.45, 2.75) is 17.4 Å². The zero-order chi connectivity index (χ0) is 18.0. The van der Waals surface area contributed by atoms with E-state index in [-0.39, 0.29) is 28.7 Å². The maximum Gasteiger partial charge on any atom is 0.312 e. The van der Waals surface area contributed by atoms with Crippen LogP contribution in [0, 0.1) is 10.1 Å². The zero-order valence-electron chi connectivity index (χ0n) is 14.5. The number of nitro groups is 1. The second-order valence-electron chi connectivity index (χ2n) is 6.18. The number of rotatable bonds is 5. The first-order valence-electron chi connectivity index (χ1n) is 8.21. The number of methoxy groups -OCH3 is 1. The molecule has 2 heterocycles. The van der Waals surface area contributed by atoms with E-state index >= 15 is 0 Å². The molecule has 1 N–H and O–H groups in total. The predicted octanol–water partition coefficient (Wildman–Crippen LogP) is 0.693. The lowest BCUT2D eigenvalue weighted by Gasteiger charge is -2.37. The van der Waals surface area contributed by atoms with E-state index in [1.54, 1.807) is 0 Å². The van der Waals surface area contributed by atoms with Gasteiger partial charge in [-0.3, -0.25) is 15.0 Å². The Morgan fingerprint density at radius 3 is 2.50 bits per heavy atom. The second kappa shape index (κ2) is 8.49. The third-order valence-corrected chi connectivity index (χ3v) is 6.70. The molecule has 1 atom stereocenters. The van der Waals surface area contributed by atoms with Crippen LogP contribution in [0.2, 0.25) is 0 Å². The molecule has 2 aliphatic rings. The Morgan fingerprint density at radius 2 is 1.96 bits per heavy atom. The Bertz CT molecular complexity index is 746. The van der Waals surface area contributed by atoms with Crippen molar-refractivity contribution in [2.75, 3.05) is 46.4 Å². The lowest BCUT2D eigenvalue weighted by atomic mass is 10.2. The summed E-state index contributed by atoms with van der Waals surface area (Å²) in [5.41, 5.74) is -0.348. The van der Waals surface area contributed by atoms with Gasteiger partial charge in [0.2, 0.25) is 10.0 Å². The molecule has 1 aromatic rings. The molecule has 9 nitrogen and oxygen atoms in total. The molecule has 2 saturated heterocycles. The number of sulfonamides is 1. The van der Waals surface area contributed by atoms with Gasteiger partial charge in [-0.1, -0.05) is 0 Å². The molecule has 0 spiro atoms. The first-order chi connectivity index (χ1) is 11.9. The molecule has 1 aromatic carbocycles. The highest BCUT2D eigenvalue weighted by atomic mass is 35.5. The monoisotopic (exact) mass is 406 g/mol. The summed E-state index contributed by atoms with van der Waals surface area (Å²) in [6.07, 6.45) is 1.08. The Balaban J connectivity index is 0.00000243. The summed E-state index contributed by atoms with van der Waals surface area (Å²) in [6.45, 7) is 4.06. The summed E-state index contributed by atoms with van der Waals surface area (Å²) >= 11 is 0. The minimum absolute atomic E-state index is 0. The Kier molecular flexibility index (Phi) is 6.80. The maximum absolute atomic E-state index is 12.8. The van der Waals surface area contributed by atoms with Gasteiger partial charge < -0.3 is 10.1 Å². The maximum atomic E-state index is 12.8. The quantitative estimate of drug-likeness (QED) is 0.566. The minimum Gasteiger partial charge on any atom is -0.490 e. The van der Waals surface area contributed by atoms with Gasteiger partial charge in [-0.25, -0.2) is 8.42 Å². The number of piperazine rings is 1. The molecule has 1 unspecified atom stereocenters. The van der Waals surface area contributed by atoms with Gasteiger partial charge >= 0.3 is 5.69 Å². The van der Waals surface area contributed by atoms with Gasteiger partial charge in [0.15, 0.2) is 5.75 Å². The van der Waals surface area contributed by atoms with Crippen LogP contribution in [0.5, 0.6) is 5.75 Å². The molecular formula is C15H23ClN4O5S. The Labute approximate surface area is 158 Å². The molecule has 0 amide bonds. The lowest BCUT2D eigenvalue weighted by molar-refractivity contribution is -0.386. The van der Waals surface area contributed by atoms with Gasteiger partial charge in [-0.15, -0.1) is 12.4 Å². The van der Waals surface area contributed by atoms with E-state index in [0.29, 0.717) is 32.2 Å². The van der Waals surface area contributed by atoms with Crippen molar-refractivity contribution in [3.8, 4) is 5.75 Å². The third-order valence-electron chi connectivity index (χ3n) is 4.81. The second-order valence-corrected chi connectivity index (χ2v) is 8.12. The highest BCUT2D eigenvalue weighted by Crippen LogP contribution is 2.31. The van der Waals surface area contributed by atoms with Crippen molar-refractivity contribution in [3.05, 3.63) is 28.3 Å². The minimum atomic E-state index is -3.76. The van der Waals surface area contributed by atoms with Crippen LogP contribution >= 0.6 is 12.4 Å². The fraction of sp³-hybridized carbons (Fsp3) is 0.600. The average molecular weight is 407 g/mol. The van der Waals surface area contributed by atoms with E-state index in [1.165, 1.54) is 23.5 Å². The van der Waals surface area contributed by atoms with E-state index in [4.69, 9.17) is 4.74 Å². The number of hydrogen-bond donors (Lipinski definition) is 1. The lowest BCUT2D eigenvalue weighted by Crippen LogP contribution is -2.52. The summed E-state index contributed by atoms with van der Waals surface area (Å²) < 4.78 is 32.0. The van der Waals surface area contributed by atoms with E-state index < -0.39 is 14.9 Å². The summed E-state index contributed by atoms with van der Waals surface area (Å²) in [5, 5.41) is 14.4. The fourth-order valence-corrected chi connectivity index (χ4v) is 4.82. The molecule has 146 valence electrons. The van der Waals surface area contributed by atoms with E-state index in [1.807, 2.05) is 0 Å². The zero-order valence-corrected chi connectivity index (χ0v) is 16.1. The first-order valence-corrected chi connectivity index (χ1v) is 9.65. The van der Waals surface area contributed by atoms with Crippen LogP contribution in [0.25, 0.3) is 0 Å². The third kappa shape index (κ3) is 4.09. The van der Waals surface area contributed by atoms with E-state index in [2.05, 4.69) is 10.2 Å². The molecule has 0 aliphatic carbocycles. The highest BCUT2D eigenvalue weighted by Gasteiger charge is 2.33. The van der Waals surface area contributed by atoms with Crippen molar-refractivity contribution >= 4 is 28.1 Å². The van der Waals surface area contributed by atoms with Crippen molar-refractivity contribution in [1.29, 1.82) is 0 Å². The van der Waals surface area contributed by atoms with Crippen LogP contribution < -0.4 is 10.1 Å². The van der Waals surface area contributed by atoms with Gasteiger partial charge in [0.1, 0.15) is 0 Å². The van der Waals surface area contributed by atoms with Crippen molar-refractivity contribution in [3.63, 3.8) is 0 Å². The topological polar surface area (TPSA) is 105 Å². The molecule has 2 fully saturated rings. The van der Waals surface area contributed by atoms with Crippen molar-refractivity contribution < 1.29 is 18.1 Å². The first kappa shape index (κ1) is 20.8. The molecule has 11 heteroatoms. The number of ether oxygens (including phenoxy) is 1. The van der Waals surface area contributed by atoms with Crippen molar-refractivity contribution in [1.82, 2.24) is 14.5 Å². The largest absolute Gasteiger partial charge is 0.490 e. The molecule has 2 aliphatic heterocycles. The summed E-state index contributed by atoms with van der Waals surface area (Å²) in [6, 6.07) is 4.22. The highest BCUT2D eigenvalue weighted by molar-refractivity contribution is 7.89. The predicted molar refractivity (Wildman–Crippen MR) is 98.5 cm³/mol. The summed E-state index contributed by atoms with van der Waals surface area (Å²) in [4.78, 5) is 12.7. The molecular weight excluding hydrogens is 384 g/mol. The Hall–Kier alpha value is -1.46. The molecule has 0 bridgehead atoms. The van der Waals surface area contributed by atoms with Gasteiger partial charge in [-0.2, -0.15) is 4.31 Å². The normalized spacial score (nSPS) is 22.0. The fourth-order valence-electron chi connectivity index (χ4n) is 3.38. The van der Waals surface area contributed by atoms with Crippen LogP contribution in [0.15, 0.2) is 23.1 Å². The van der Waals surface area contributed by atoms with Gasteiger partial charge in [-0.05, 0) is 25.1 Å². The smallest absolute Gasteiger partial charge is 0.312 e. The molecule has 26 heavy (non-hydrogen) atoms. The van der Waals surface area contributed by atoms with Crippen molar-refractivity contribution in [2.24, 2.45) is 0 Å². The van der Waals surface area contributed by atoms with Gasteiger partial charge in [0.25, 0.3) is 0 Å². The number of nitrogens with one attached hydrogen (secondary N) is 1. The molecule has 0 radical (unpaired) electrons. The van der Waals surface area contributed by atoms with E-state index in [9.17, 15) is 18.5 Å². The van der Waals surface area contributed by atoms with Crippen LogP contribution in [0.3, 0.4) is 0 Å². The number of halogens is 1. The number of nitrogens with zero attached hydrogens (tertiary/aromatic N) is 3. The summed E-state index contributed by atoms with van der Waals surface area (Å²) in [5.74, 6) is 0.0440. The van der Waals surface area contributed by atoms with Gasteiger partial charge in [0.05, 0.1) is 16.9 Å².